The van der Waals surface area contributed by atoms with E-state index in [-0.39, 0.29) is 23.1 Å². The first-order valence-electron chi connectivity index (χ1n) is 8.61. The minimum atomic E-state index is -0.506. The van der Waals surface area contributed by atoms with Gasteiger partial charge in [0.05, 0.1) is 16.0 Å². The first-order chi connectivity index (χ1) is 12.6. The fraction of sp³-hybridized carbons (Fsp3) is 0.263. The fourth-order valence-electron chi connectivity index (χ4n) is 3.53. The van der Waals surface area contributed by atoms with Crippen LogP contribution in [0.4, 0.5) is 5.69 Å². The van der Waals surface area contributed by atoms with E-state index in [9.17, 15) is 14.9 Å². The highest BCUT2D eigenvalue weighted by molar-refractivity contribution is 5.98. The van der Waals surface area contributed by atoms with Crippen molar-refractivity contribution in [1.82, 2.24) is 14.9 Å². The summed E-state index contributed by atoms with van der Waals surface area (Å²) in [5, 5.41) is 11.2. The summed E-state index contributed by atoms with van der Waals surface area (Å²) in [6.45, 7) is 1.10. The molecule has 2 aromatic carbocycles. The molecule has 0 aliphatic carbocycles. The summed E-state index contributed by atoms with van der Waals surface area (Å²) in [4.78, 5) is 33.3. The Bertz CT molecular complexity index is 949. The standard InChI is InChI=1S/C19H18N4O3/c24-19(14-7-1-4-10-17(14)23(25)26)22-11-5-6-13(12-22)18-20-15-8-2-3-9-16(15)21-18/h1-4,7-10,13H,5-6,11-12H2,(H,20,21)/t13-/m0/s1. The molecule has 3 aromatic rings. The molecule has 0 saturated carbocycles. The third-order valence-corrected chi connectivity index (χ3v) is 4.83. The fourth-order valence-corrected chi connectivity index (χ4v) is 3.53. The molecule has 0 bridgehead atoms. The zero-order valence-corrected chi connectivity index (χ0v) is 14.1. The van der Waals surface area contributed by atoms with Crippen LogP contribution in [0.3, 0.4) is 0 Å². The van der Waals surface area contributed by atoms with E-state index in [1.165, 1.54) is 12.1 Å². The van der Waals surface area contributed by atoms with E-state index in [0.29, 0.717) is 13.1 Å². The SMILES string of the molecule is O=C(c1ccccc1[N+](=O)[O-])N1CCC[C@H](c2nc3ccccc3[nH]2)C1. The highest BCUT2D eigenvalue weighted by Gasteiger charge is 2.30. The largest absolute Gasteiger partial charge is 0.342 e. The third-order valence-electron chi connectivity index (χ3n) is 4.83. The van der Waals surface area contributed by atoms with Gasteiger partial charge in [-0.25, -0.2) is 4.98 Å². The number of carbonyl (C=O) groups is 1. The van der Waals surface area contributed by atoms with Gasteiger partial charge in [0.1, 0.15) is 11.4 Å². The minimum absolute atomic E-state index is 0.0999. The molecule has 26 heavy (non-hydrogen) atoms. The molecule has 0 radical (unpaired) electrons. The summed E-state index contributed by atoms with van der Waals surface area (Å²) >= 11 is 0. The summed E-state index contributed by atoms with van der Waals surface area (Å²) in [5.41, 5.74) is 1.88. The summed E-state index contributed by atoms with van der Waals surface area (Å²) in [6, 6.07) is 13.9. The van der Waals surface area contributed by atoms with Crippen LogP contribution in [0.2, 0.25) is 0 Å². The van der Waals surface area contributed by atoms with Crippen LogP contribution >= 0.6 is 0 Å². The Labute approximate surface area is 149 Å². The normalized spacial score (nSPS) is 17.4. The minimum Gasteiger partial charge on any atom is -0.342 e. The molecule has 1 fully saturated rings. The Morgan fingerprint density at radius 2 is 1.96 bits per heavy atom. The van der Waals surface area contributed by atoms with E-state index in [0.717, 1.165) is 29.7 Å². The van der Waals surface area contributed by atoms with Crippen LogP contribution in [0.15, 0.2) is 48.5 Å². The van der Waals surface area contributed by atoms with Crippen LogP contribution < -0.4 is 0 Å². The second-order valence-electron chi connectivity index (χ2n) is 6.50. The Morgan fingerprint density at radius 1 is 1.19 bits per heavy atom. The van der Waals surface area contributed by atoms with Crippen molar-refractivity contribution in [2.75, 3.05) is 13.1 Å². The maximum absolute atomic E-state index is 12.9. The molecule has 1 saturated heterocycles. The topological polar surface area (TPSA) is 92.1 Å². The average molecular weight is 350 g/mol. The third kappa shape index (κ3) is 2.92. The van der Waals surface area contributed by atoms with Crippen LogP contribution in [-0.2, 0) is 0 Å². The van der Waals surface area contributed by atoms with E-state index >= 15 is 0 Å². The number of para-hydroxylation sites is 3. The lowest BCUT2D eigenvalue weighted by Gasteiger charge is -2.31. The van der Waals surface area contributed by atoms with Crippen molar-refractivity contribution in [3.63, 3.8) is 0 Å². The first-order valence-corrected chi connectivity index (χ1v) is 8.61. The molecule has 1 atom stereocenters. The summed E-state index contributed by atoms with van der Waals surface area (Å²) in [5.74, 6) is 0.673. The van der Waals surface area contributed by atoms with Crippen molar-refractivity contribution in [1.29, 1.82) is 0 Å². The van der Waals surface area contributed by atoms with Crippen molar-refractivity contribution in [2.24, 2.45) is 0 Å². The van der Waals surface area contributed by atoms with E-state index < -0.39 is 4.92 Å². The van der Waals surface area contributed by atoms with Crippen LogP contribution in [-0.4, -0.2) is 38.8 Å². The van der Waals surface area contributed by atoms with Gasteiger partial charge in [0.15, 0.2) is 0 Å². The number of imidazole rings is 1. The Morgan fingerprint density at radius 3 is 2.77 bits per heavy atom. The van der Waals surface area contributed by atoms with Crippen molar-refractivity contribution in [2.45, 2.75) is 18.8 Å². The maximum Gasteiger partial charge on any atom is 0.282 e. The number of nitrogens with one attached hydrogen (secondary N) is 1. The van der Waals surface area contributed by atoms with E-state index in [1.807, 2.05) is 24.3 Å². The highest BCUT2D eigenvalue weighted by atomic mass is 16.6. The lowest BCUT2D eigenvalue weighted by Crippen LogP contribution is -2.39. The van der Waals surface area contributed by atoms with Crippen molar-refractivity contribution >= 4 is 22.6 Å². The molecule has 1 N–H and O–H groups in total. The predicted octanol–water partition coefficient (Wildman–Crippen LogP) is 3.49. The van der Waals surface area contributed by atoms with Gasteiger partial charge in [0.25, 0.3) is 11.6 Å². The van der Waals surface area contributed by atoms with Gasteiger partial charge in [-0.1, -0.05) is 24.3 Å². The number of aromatic amines is 1. The Balaban J connectivity index is 1.59. The van der Waals surface area contributed by atoms with Gasteiger partial charge in [0.2, 0.25) is 0 Å². The number of amides is 1. The molecule has 0 spiro atoms. The van der Waals surface area contributed by atoms with Gasteiger partial charge in [-0.15, -0.1) is 0 Å². The van der Waals surface area contributed by atoms with Gasteiger partial charge in [-0.2, -0.15) is 0 Å². The number of H-pyrrole nitrogens is 1. The molecular weight excluding hydrogens is 332 g/mol. The van der Waals surface area contributed by atoms with Crippen molar-refractivity contribution in [3.05, 3.63) is 70.0 Å². The monoisotopic (exact) mass is 350 g/mol. The second-order valence-corrected chi connectivity index (χ2v) is 6.50. The summed E-state index contributed by atoms with van der Waals surface area (Å²) in [6.07, 6.45) is 1.77. The molecule has 2 heterocycles. The average Bonchev–Trinajstić information content (AvgIpc) is 3.12. The summed E-state index contributed by atoms with van der Waals surface area (Å²) < 4.78 is 0. The lowest BCUT2D eigenvalue weighted by atomic mass is 9.96. The van der Waals surface area contributed by atoms with Gasteiger partial charge < -0.3 is 9.88 Å². The number of rotatable bonds is 3. The molecule has 7 nitrogen and oxygen atoms in total. The molecule has 1 aromatic heterocycles. The number of hydrogen-bond acceptors (Lipinski definition) is 4. The van der Waals surface area contributed by atoms with E-state index in [1.54, 1.807) is 17.0 Å². The highest BCUT2D eigenvalue weighted by Crippen LogP contribution is 2.29. The van der Waals surface area contributed by atoms with Gasteiger partial charge in [-0.05, 0) is 31.0 Å². The van der Waals surface area contributed by atoms with Crippen LogP contribution in [0, 0.1) is 10.1 Å². The van der Waals surface area contributed by atoms with Crippen molar-refractivity contribution < 1.29 is 9.72 Å². The smallest absolute Gasteiger partial charge is 0.282 e. The zero-order valence-electron chi connectivity index (χ0n) is 14.1. The lowest BCUT2D eigenvalue weighted by molar-refractivity contribution is -0.385. The number of likely N-dealkylation sites (tertiary alicyclic amines) is 1. The molecule has 1 amide bonds. The van der Waals surface area contributed by atoms with Gasteiger partial charge in [0, 0.05) is 25.1 Å². The molecule has 1 aliphatic heterocycles. The number of aromatic nitrogens is 2. The number of piperidine rings is 1. The number of nitro groups is 1. The Hall–Kier alpha value is -3.22. The summed E-state index contributed by atoms with van der Waals surface area (Å²) in [7, 11) is 0. The number of fused-ring (bicyclic) bond motifs is 1. The quantitative estimate of drug-likeness (QED) is 0.578. The first kappa shape index (κ1) is 16.3. The second kappa shape index (κ2) is 6.59. The van der Waals surface area contributed by atoms with Gasteiger partial charge >= 0.3 is 0 Å². The maximum atomic E-state index is 12.9. The number of nitro benzene ring substituents is 1. The van der Waals surface area contributed by atoms with Crippen LogP contribution in [0.25, 0.3) is 11.0 Å². The number of carbonyl (C=O) groups excluding carboxylic acids is 1. The van der Waals surface area contributed by atoms with Crippen LogP contribution in [0.1, 0.15) is 34.9 Å². The zero-order chi connectivity index (χ0) is 18.1. The molecule has 0 unspecified atom stereocenters. The molecule has 132 valence electrons. The van der Waals surface area contributed by atoms with E-state index in [2.05, 4.69) is 9.97 Å². The number of benzene rings is 2. The van der Waals surface area contributed by atoms with Crippen molar-refractivity contribution in [3.8, 4) is 0 Å². The van der Waals surface area contributed by atoms with Crippen LogP contribution in [0.5, 0.6) is 0 Å². The van der Waals surface area contributed by atoms with Gasteiger partial charge in [-0.3, -0.25) is 14.9 Å². The predicted molar refractivity (Wildman–Crippen MR) is 97.1 cm³/mol. The number of hydrogen-bond donors (Lipinski definition) is 1. The molecule has 7 heteroatoms. The molecule has 4 rings (SSSR count). The van der Waals surface area contributed by atoms with E-state index in [4.69, 9.17) is 0 Å². The molecule has 1 aliphatic rings. The molecular formula is C19H18N4O3. The Kier molecular flexibility index (Phi) is 4.12. The number of nitrogens with zero attached hydrogens (tertiary/aromatic N) is 3.